The highest BCUT2D eigenvalue weighted by atomic mass is 32.2. The number of ether oxygens (including phenoxy) is 2. The first-order chi connectivity index (χ1) is 16.3. The largest absolute Gasteiger partial charge is 0.493 e. The van der Waals surface area contributed by atoms with Crippen LogP contribution in [0.25, 0.3) is 11.3 Å². The third-order valence-corrected chi connectivity index (χ3v) is 7.52. The van der Waals surface area contributed by atoms with E-state index in [0.717, 1.165) is 5.56 Å². The molecule has 2 aromatic carbocycles. The van der Waals surface area contributed by atoms with E-state index >= 15 is 0 Å². The molecule has 0 saturated carbocycles. The lowest BCUT2D eigenvalue weighted by atomic mass is 10.1. The zero-order valence-electron chi connectivity index (χ0n) is 18.6. The molecule has 0 spiro atoms. The van der Waals surface area contributed by atoms with Crippen molar-refractivity contribution in [2.24, 2.45) is 0 Å². The molecule has 3 aromatic rings. The van der Waals surface area contributed by atoms with Crippen molar-refractivity contribution in [2.75, 3.05) is 45.3 Å². The number of sulfonamides is 1. The molecule has 1 fully saturated rings. The molecular weight excluding hydrogens is 462 g/mol. The smallest absolute Gasteiger partial charge is 0.289 e. The van der Waals surface area contributed by atoms with Gasteiger partial charge in [-0.15, -0.1) is 10.2 Å². The summed E-state index contributed by atoms with van der Waals surface area (Å²) in [6.45, 7) is 1.11. The van der Waals surface area contributed by atoms with E-state index in [-0.39, 0.29) is 18.0 Å². The van der Waals surface area contributed by atoms with Crippen LogP contribution in [-0.4, -0.2) is 68.2 Å². The van der Waals surface area contributed by atoms with E-state index in [2.05, 4.69) is 10.2 Å². The second kappa shape index (κ2) is 9.61. The van der Waals surface area contributed by atoms with Crippen molar-refractivity contribution in [1.82, 2.24) is 14.5 Å². The molecule has 1 aromatic heterocycles. The summed E-state index contributed by atoms with van der Waals surface area (Å²) in [7, 11) is -0.862. The Morgan fingerprint density at radius 1 is 0.912 bits per heavy atom. The Bertz CT molecular complexity index is 1290. The van der Waals surface area contributed by atoms with Crippen molar-refractivity contribution in [3.8, 4) is 22.8 Å². The molecule has 4 rings (SSSR count). The maximum atomic E-state index is 13.0. The molecule has 11 nitrogen and oxygen atoms in total. The monoisotopic (exact) mass is 485 g/mol. The van der Waals surface area contributed by atoms with Gasteiger partial charge in [0.2, 0.25) is 10.0 Å². The van der Waals surface area contributed by atoms with E-state index in [4.69, 9.17) is 9.47 Å². The number of nitro benzene ring substituents is 1. The number of nitrogens with zero attached hydrogens (tertiary/aromatic N) is 5. The number of benzene rings is 2. The Labute approximate surface area is 196 Å². The average Bonchev–Trinajstić information content (AvgIpc) is 2.88. The fourth-order valence-corrected chi connectivity index (χ4v) is 5.35. The number of hydrogen-bond acceptors (Lipinski definition) is 9. The van der Waals surface area contributed by atoms with Gasteiger partial charge in [-0.25, -0.2) is 8.42 Å². The molecule has 1 saturated heterocycles. The van der Waals surface area contributed by atoms with Gasteiger partial charge >= 0.3 is 0 Å². The van der Waals surface area contributed by atoms with Gasteiger partial charge in [-0.05, 0) is 36.4 Å². The maximum absolute atomic E-state index is 13.0. The number of aromatic nitrogens is 2. The van der Waals surface area contributed by atoms with Crippen molar-refractivity contribution in [3.05, 3.63) is 64.7 Å². The lowest BCUT2D eigenvalue weighted by Gasteiger charge is -2.34. The fourth-order valence-electron chi connectivity index (χ4n) is 3.77. The van der Waals surface area contributed by atoms with E-state index in [1.165, 1.54) is 28.6 Å². The third kappa shape index (κ3) is 4.50. The van der Waals surface area contributed by atoms with E-state index < -0.39 is 20.6 Å². The number of para-hydroxylation sites is 1. The summed E-state index contributed by atoms with van der Waals surface area (Å²) in [6, 6.07) is 14.5. The van der Waals surface area contributed by atoms with Crippen molar-refractivity contribution in [2.45, 2.75) is 4.90 Å². The number of rotatable bonds is 7. The van der Waals surface area contributed by atoms with Crippen LogP contribution in [-0.2, 0) is 10.0 Å². The van der Waals surface area contributed by atoms with E-state index in [9.17, 15) is 18.5 Å². The van der Waals surface area contributed by atoms with E-state index in [1.807, 2.05) is 29.2 Å². The first kappa shape index (κ1) is 23.4. The Morgan fingerprint density at radius 2 is 1.62 bits per heavy atom. The minimum atomic E-state index is -3.99. The molecule has 2 heterocycles. The van der Waals surface area contributed by atoms with Crippen LogP contribution in [0.3, 0.4) is 0 Å². The summed E-state index contributed by atoms with van der Waals surface area (Å²) in [6.07, 6.45) is 0. The molecule has 0 atom stereocenters. The van der Waals surface area contributed by atoms with Crippen LogP contribution in [0.4, 0.5) is 11.5 Å². The molecule has 0 bridgehead atoms. The molecule has 1 aliphatic heterocycles. The zero-order valence-corrected chi connectivity index (χ0v) is 19.4. The van der Waals surface area contributed by atoms with Crippen molar-refractivity contribution < 1.29 is 22.8 Å². The Hall–Kier alpha value is -3.77. The molecular formula is C22H23N5O6S. The standard InChI is InChI=1S/C22H23N5O6S/c1-32-19-9-7-16(15-20(19)33-2)17-8-10-22(24-23-17)25-11-13-26(14-12-25)34(30,31)21-6-4-3-5-18(21)27(28)29/h3-10,15H,11-14H2,1-2H3. The predicted octanol–water partition coefficient (Wildman–Crippen LogP) is 2.58. The highest BCUT2D eigenvalue weighted by Gasteiger charge is 2.33. The summed E-state index contributed by atoms with van der Waals surface area (Å²) < 4.78 is 37.9. The molecule has 0 amide bonds. The summed E-state index contributed by atoms with van der Waals surface area (Å²) in [4.78, 5) is 12.2. The third-order valence-electron chi connectivity index (χ3n) is 5.57. The van der Waals surface area contributed by atoms with Crippen LogP contribution < -0.4 is 14.4 Å². The maximum Gasteiger partial charge on any atom is 0.289 e. The molecule has 0 N–H and O–H groups in total. The number of piperazine rings is 1. The lowest BCUT2D eigenvalue weighted by molar-refractivity contribution is -0.387. The van der Waals surface area contributed by atoms with Gasteiger partial charge in [-0.3, -0.25) is 10.1 Å². The topological polar surface area (TPSA) is 128 Å². The fraction of sp³-hybridized carbons (Fsp3) is 0.273. The summed E-state index contributed by atoms with van der Waals surface area (Å²) in [5.41, 5.74) is 1.04. The van der Waals surface area contributed by atoms with Gasteiger partial charge in [-0.2, -0.15) is 4.31 Å². The van der Waals surface area contributed by atoms with Crippen molar-refractivity contribution in [1.29, 1.82) is 0 Å². The molecule has 0 radical (unpaired) electrons. The second-order valence-corrected chi connectivity index (χ2v) is 9.37. The van der Waals surface area contributed by atoms with Gasteiger partial charge in [0.15, 0.2) is 22.2 Å². The van der Waals surface area contributed by atoms with E-state index in [0.29, 0.717) is 36.1 Å². The van der Waals surface area contributed by atoms with Crippen LogP contribution in [0, 0.1) is 10.1 Å². The number of nitro groups is 1. The number of anilines is 1. The highest BCUT2D eigenvalue weighted by Crippen LogP contribution is 2.32. The predicted molar refractivity (Wildman–Crippen MR) is 125 cm³/mol. The van der Waals surface area contributed by atoms with Crippen LogP contribution in [0.2, 0.25) is 0 Å². The molecule has 0 unspecified atom stereocenters. The molecule has 34 heavy (non-hydrogen) atoms. The SMILES string of the molecule is COc1ccc(-c2ccc(N3CCN(S(=O)(=O)c4ccccc4[N+](=O)[O-])CC3)nn2)cc1OC. The van der Waals surface area contributed by atoms with Gasteiger partial charge in [0, 0.05) is 37.8 Å². The summed E-state index contributed by atoms with van der Waals surface area (Å²) in [5, 5.41) is 19.9. The van der Waals surface area contributed by atoms with Gasteiger partial charge < -0.3 is 14.4 Å². The molecule has 0 aliphatic carbocycles. The highest BCUT2D eigenvalue weighted by molar-refractivity contribution is 7.89. The second-order valence-electron chi connectivity index (χ2n) is 7.46. The Morgan fingerprint density at radius 3 is 2.24 bits per heavy atom. The first-order valence-electron chi connectivity index (χ1n) is 10.4. The number of hydrogen-bond donors (Lipinski definition) is 0. The normalized spacial score (nSPS) is 14.6. The van der Waals surface area contributed by atoms with Gasteiger partial charge in [0.25, 0.3) is 5.69 Å². The van der Waals surface area contributed by atoms with E-state index in [1.54, 1.807) is 20.3 Å². The van der Waals surface area contributed by atoms with Crippen LogP contribution in [0.15, 0.2) is 59.5 Å². The lowest BCUT2D eigenvalue weighted by Crippen LogP contribution is -2.49. The zero-order chi connectivity index (χ0) is 24.3. The molecule has 1 aliphatic rings. The van der Waals surface area contributed by atoms with Crippen LogP contribution >= 0.6 is 0 Å². The van der Waals surface area contributed by atoms with Crippen LogP contribution in [0.5, 0.6) is 11.5 Å². The minimum absolute atomic E-state index is 0.174. The van der Waals surface area contributed by atoms with Crippen LogP contribution in [0.1, 0.15) is 0 Å². The van der Waals surface area contributed by atoms with Gasteiger partial charge in [0.05, 0.1) is 24.8 Å². The average molecular weight is 486 g/mol. The molecule has 12 heteroatoms. The van der Waals surface area contributed by atoms with Crippen molar-refractivity contribution in [3.63, 3.8) is 0 Å². The summed E-state index contributed by atoms with van der Waals surface area (Å²) >= 11 is 0. The van der Waals surface area contributed by atoms with Gasteiger partial charge in [0.1, 0.15) is 0 Å². The Kier molecular flexibility index (Phi) is 6.61. The number of methoxy groups -OCH3 is 2. The van der Waals surface area contributed by atoms with Gasteiger partial charge in [-0.1, -0.05) is 12.1 Å². The summed E-state index contributed by atoms with van der Waals surface area (Å²) in [5.74, 6) is 1.82. The quantitative estimate of drug-likeness (QED) is 0.366. The Balaban J connectivity index is 1.46. The molecule has 178 valence electrons. The first-order valence-corrected chi connectivity index (χ1v) is 11.8. The minimum Gasteiger partial charge on any atom is -0.493 e. The van der Waals surface area contributed by atoms with Crippen molar-refractivity contribution >= 4 is 21.5 Å².